The number of hydrogen-bond acceptors (Lipinski definition) is 3. The van der Waals surface area contributed by atoms with Crippen LogP contribution in [0.15, 0.2) is 73.4 Å². The number of hydrogen-bond donors (Lipinski definition) is 0. The van der Waals surface area contributed by atoms with Crippen molar-refractivity contribution in [1.82, 2.24) is 0 Å². The van der Waals surface area contributed by atoms with E-state index in [0.29, 0.717) is 0 Å². The van der Waals surface area contributed by atoms with Crippen molar-refractivity contribution in [3.8, 4) is 0 Å². The summed E-state index contributed by atoms with van der Waals surface area (Å²) in [6.07, 6.45) is 7.79. The fourth-order valence-electron chi connectivity index (χ4n) is 1.23. The van der Waals surface area contributed by atoms with Gasteiger partial charge >= 0.3 is 11.9 Å². The summed E-state index contributed by atoms with van der Waals surface area (Å²) in [4.78, 5) is 21.8. The van der Waals surface area contributed by atoms with E-state index in [1.54, 1.807) is 24.3 Å². The molecule has 0 unspecified atom stereocenters. The van der Waals surface area contributed by atoms with Gasteiger partial charge in [-0.2, -0.15) is 0 Å². The molecule has 1 aliphatic rings. The van der Waals surface area contributed by atoms with Crippen LogP contribution in [0.3, 0.4) is 0 Å². The fourth-order valence-corrected chi connectivity index (χ4v) is 1.23. The molecule has 0 aromatic heterocycles. The highest BCUT2D eigenvalue weighted by atomic mass is 16.6. The second kappa shape index (κ2) is 7.61. The molecule has 0 bridgehead atoms. The minimum atomic E-state index is -0.604. The first-order chi connectivity index (χ1) is 9.17. The van der Waals surface area contributed by atoms with E-state index in [2.05, 4.69) is 17.9 Å². The summed E-state index contributed by atoms with van der Waals surface area (Å²) in [6.45, 7) is 6.72. The van der Waals surface area contributed by atoms with Gasteiger partial charge in [0.2, 0.25) is 0 Å². The van der Waals surface area contributed by atoms with E-state index in [0.717, 1.165) is 5.56 Å². The van der Waals surface area contributed by atoms with Gasteiger partial charge in [-0.3, -0.25) is 0 Å². The van der Waals surface area contributed by atoms with Gasteiger partial charge in [-0.05, 0) is 11.6 Å². The van der Waals surface area contributed by atoms with Crippen molar-refractivity contribution in [2.45, 2.75) is 0 Å². The van der Waals surface area contributed by atoms with E-state index in [9.17, 15) is 9.59 Å². The van der Waals surface area contributed by atoms with Crippen LogP contribution in [0.4, 0.5) is 0 Å². The molecule has 96 valence electrons. The largest absolute Gasteiger partial charge is 0.386 e. The summed E-state index contributed by atoms with van der Waals surface area (Å²) in [5.41, 5.74) is 1.24. The third kappa shape index (κ3) is 5.00. The molecule has 0 spiro atoms. The van der Waals surface area contributed by atoms with E-state index in [1.807, 2.05) is 30.3 Å². The first-order valence-corrected chi connectivity index (χ1v) is 5.62. The van der Waals surface area contributed by atoms with Crippen molar-refractivity contribution < 1.29 is 14.3 Å². The Bertz CT molecular complexity index is 530. The summed E-state index contributed by atoms with van der Waals surface area (Å²) in [6, 6.07) is 9.50. The van der Waals surface area contributed by atoms with Crippen LogP contribution in [-0.2, 0) is 14.3 Å². The Morgan fingerprint density at radius 1 is 0.947 bits per heavy atom. The molecule has 1 aliphatic heterocycles. The molecular formula is C16H14O3. The molecule has 1 aromatic rings. The monoisotopic (exact) mass is 254 g/mol. The number of carbonyl (C=O) groups is 2. The van der Waals surface area contributed by atoms with E-state index in [1.165, 1.54) is 6.08 Å². The molecule has 0 aliphatic carbocycles. The number of rotatable bonds is 3. The third-order valence-corrected chi connectivity index (χ3v) is 2.12. The van der Waals surface area contributed by atoms with Crippen molar-refractivity contribution in [2.24, 2.45) is 0 Å². The van der Waals surface area contributed by atoms with Gasteiger partial charge in [0.05, 0.1) is 5.57 Å². The Balaban J connectivity index is 0.000000399. The van der Waals surface area contributed by atoms with E-state index < -0.39 is 11.9 Å². The number of carbonyl (C=O) groups excluding carboxylic acids is 2. The minimum absolute atomic E-state index is 0.281. The zero-order valence-electron chi connectivity index (χ0n) is 10.4. The molecule has 3 heteroatoms. The van der Waals surface area contributed by atoms with Crippen molar-refractivity contribution in [3.63, 3.8) is 0 Å². The van der Waals surface area contributed by atoms with E-state index in [4.69, 9.17) is 0 Å². The predicted molar refractivity (Wildman–Crippen MR) is 75.1 cm³/mol. The molecule has 0 N–H and O–H groups in total. The lowest BCUT2D eigenvalue weighted by atomic mass is 10.1. The molecule has 3 nitrogen and oxygen atoms in total. The van der Waals surface area contributed by atoms with Crippen LogP contribution >= 0.6 is 0 Å². The Kier molecular flexibility index (Phi) is 5.76. The molecule has 0 atom stereocenters. The lowest BCUT2D eigenvalue weighted by Crippen LogP contribution is -2.00. The maximum atomic E-state index is 11.0. The molecular weight excluding hydrogens is 240 g/mol. The van der Waals surface area contributed by atoms with Gasteiger partial charge in [-0.25, -0.2) is 9.59 Å². The van der Waals surface area contributed by atoms with E-state index in [-0.39, 0.29) is 5.57 Å². The first kappa shape index (κ1) is 14.4. The third-order valence-electron chi connectivity index (χ3n) is 2.12. The van der Waals surface area contributed by atoms with Crippen LogP contribution in [0.2, 0.25) is 0 Å². The summed E-state index contributed by atoms with van der Waals surface area (Å²) in [7, 11) is 0. The lowest BCUT2D eigenvalue weighted by molar-refractivity contribution is -0.150. The van der Waals surface area contributed by atoms with Gasteiger partial charge in [0.15, 0.2) is 0 Å². The zero-order chi connectivity index (χ0) is 14.1. The van der Waals surface area contributed by atoms with Gasteiger partial charge < -0.3 is 4.74 Å². The van der Waals surface area contributed by atoms with Crippen LogP contribution < -0.4 is 0 Å². The number of cyclic esters (lactones) is 2. The predicted octanol–water partition coefficient (Wildman–Crippen LogP) is 3.07. The molecule has 0 saturated carbocycles. The van der Waals surface area contributed by atoms with Crippen LogP contribution in [0.1, 0.15) is 5.56 Å². The first-order valence-electron chi connectivity index (χ1n) is 5.62. The van der Waals surface area contributed by atoms with Crippen LogP contribution in [0.25, 0.3) is 6.08 Å². The average molecular weight is 254 g/mol. The van der Waals surface area contributed by atoms with Gasteiger partial charge in [0.25, 0.3) is 0 Å². The van der Waals surface area contributed by atoms with Gasteiger partial charge in [0, 0.05) is 6.08 Å². The fraction of sp³-hybridized carbons (Fsp3) is 0. The van der Waals surface area contributed by atoms with Crippen LogP contribution in [-0.4, -0.2) is 11.9 Å². The average Bonchev–Trinajstić information content (AvgIpc) is 2.76. The smallest absolute Gasteiger partial charge is 0.346 e. The lowest BCUT2D eigenvalue weighted by Gasteiger charge is -1.91. The van der Waals surface area contributed by atoms with Gasteiger partial charge in [0.1, 0.15) is 0 Å². The molecule has 0 fully saturated rings. The Morgan fingerprint density at radius 3 is 2.05 bits per heavy atom. The highest BCUT2D eigenvalue weighted by molar-refractivity contribution is 6.10. The summed E-state index contributed by atoms with van der Waals surface area (Å²) < 4.78 is 4.34. The second-order valence-electron chi connectivity index (χ2n) is 3.52. The van der Waals surface area contributed by atoms with Crippen LogP contribution in [0.5, 0.6) is 0 Å². The molecule has 0 amide bonds. The minimum Gasteiger partial charge on any atom is -0.386 e. The quantitative estimate of drug-likeness (QED) is 0.473. The van der Waals surface area contributed by atoms with Crippen molar-refractivity contribution in [2.75, 3.05) is 0 Å². The zero-order valence-corrected chi connectivity index (χ0v) is 10.4. The molecule has 0 saturated heterocycles. The highest BCUT2D eigenvalue weighted by Crippen LogP contribution is 2.11. The highest BCUT2D eigenvalue weighted by Gasteiger charge is 2.20. The summed E-state index contributed by atoms with van der Waals surface area (Å²) in [5.74, 6) is -1.19. The van der Waals surface area contributed by atoms with Crippen molar-refractivity contribution in [3.05, 3.63) is 78.9 Å². The Morgan fingerprint density at radius 2 is 1.58 bits per heavy atom. The van der Waals surface area contributed by atoms with Crippen molar-refractivity contribution >= 4 is 18.0 Å². The number of benzene rings is 1. The normalized spacial score (nSPS) is 13.4. The summed E-state index contributed by atoms with van der Waals surface area (Å²) >= 11 is 0. The second-order valence-corrected chi connectivity index (χ2v) is 3.52. The Hall–Kier alpha value is -2.68. The molecule has 0 radical (unpaired) electrons. The molecule has 2 rings (SSSR count). The van der Waals surface area contributed by atoms with Crippen LogP contribution in [0, 0.1) is 0 Å². The SMILES string of the molecule is C=CC=C.O=C1C=C(C=Cc2ccccc2)C(=O)O1. The standard InChI is InChI=1S/C12H8O3.C4H6/c13-11-8-10(12(14)15-11)7-6-9-4-2-1-3-5-9;1-3-4-2/h1-8H;3-4H,1-2H2. The van der Waals surface area contributed by atoms with Crippen molar-refractivity contribution in [1.29, 1.82) is 0 Å². The number of allylic oxidation sites excluding steroid dienone is 2. The topological polar surface area (TPSA) is 43.4 Å². The van der Waals surface area contributed by atoms with Gasteiger partial charge in [-0.15, -0.1) is 0 Å². The van der Waals surface area contributed by atoms with E-state index >= 15 is 0 Å². The summed E-state index contributed by atoms with van der Waals surface area (Å²) in [5, 5.41) is 0. The molecule has 1 aromatic carbocycles. The number of ether oxygens (including phenoxy) is 1. The maximum Gasteiger partial charge on any atom is 0.346 e. The molecule has 19 heavy (non-hydrogen) atoms. The Labute approximate surface area is 112 Å². The van der Waals surface area contributed by atoms with Gasteiger partial charge in [-0.1, -0.05) is 61.7 Å². The number of esters is 2. The maximum absolute atomic E-state index is 11.0. The molecule has 1 heterocycles.